The molecule has 0 bridgehead atoms. The van der Waals surface area contributed by atoms with E-state index >= 15 is 0 Å². The van der Waals surface area contributed by atoms with E-state index in [-0.39, 0.29) is 5.91 Å². The van der Waals surface area contributed by atoms with Gasteiger partial charge in [-0.3, -0.25) is 4.79 Å². The molecule has 1 heterocycles. The number of hydrogen-bond acceptors (Lipinski definition) is 3. The molecule has 1 aromatic heterocycles. The highest BCUT2D eigenvalue weighted by Gasteiger charge is 2.06. The zero-order valence-corrected chi connectivity index (χ0v) is 12.1. The van der Waals surface area contributed by atoms with Crippen molar-refractivity contribution in [3.63, 3.8) is 0 Å². The largest absolute Gasteiger partial charge is 0.302 e. The maximum atomic E-state index is 11.1. The van der Waals surface area contributed by atoms with Crippen molar-refractivity contribution in [3.05, 3.63) is 48.0 Å². The van der Waals surface area contributed by atoms with Gasteiger partial charge in [-0.1, -0.05) is 47.2 Å². The first-order chi connectivity index (χ1) is 9.61. The minimum atomic E-state index is -0.0946. The summed E-state index contributed by atoms with van der Waals surface area (Å²) in [6.45, 7) is 3.57. The van der Waals surface area contributed by atoms with Crippen LogP contribution in [0, 0.1) is 6.92 Å². The Morgan fingerprint density at radius 3 is 2.50 bits per heavy atom. The standard InChI is InChI=1S/C16H14N2OS/c1-10-3-5-12(6-4-10)13-7-8-14-15(9-13)20-16(18-14)17-11(2)19/h3-9H,1-2H3,(H,17,18,19). The summed E-state index contributed by atoms with van der Waals surface area (Å²) in [7, 11) is 0. The molecule has 4 heteroatoms. The molecule has 3 rings (SSSR count). The summed E-state index contributed by atoms with van der Waals surface area (Å²) in [5.41, 5.74) is 4.51. The molecule has 0 radical (unpaired) electrons. The van der Waals surface area contributed by atoms with Crippen LogP contribution in [-0.2, 0) is 4.79 Å². The van der Waals surface area contributed by atoms with E-state index in [1.807, 2.05) is 6.07 Å². The molecule has 1 N–H and O–H groups in total. The highest BCUT2D eigenvalue weighted by atomic mass is 32.1. The Labute approximate surface area is 121 Å². The average Bonchev–Trinajstić information content (AvgIpc) is 2.79. The first kappa shape index (κ1) is 12.8. The number of hydrogen-bond donors (Lipinski definition) is 1. The van der Waals surface area contributed by atoms with Crippen LogP contribution in [0.5, 0.6) is 0 Å². The van der Waals surface area contributed by atoms with Crippen LogP contribution in [0.1, 0.15) is 12.5 Å². The fourth-order valence-electron chi connectivity index (χ4n) is 2.05. The van der Waals surface area contributed by atoms with E-state index in [9.17, 15) is 4.79 Å². The van der Waals surface area contributed by atoms with Gasteiger partial charge >= 0.3 is 0 Å². The van der Waals surface area contributed by atoms with Gasteiger partial charge in [0.05, 0.1) is 10.2 Å². The average molecular weight is 282 g/mol. The molecular formula is C16H14N2OS. The van der Waals surface area contributed by atoms with E-state index in [4.69, 9.17) is 0 Å². The Hall–Kier alpha value is -2.20. The lowest BCUT2D eigenvalue weighted by atomic mass is 10.0. The summed E-state index contributed by atoms with van der Waals surface area (Å²) in [5, 5.41) is 3.38. The molecule has 0 aliphatic carbocycles. The monoisotopic (exact) mass is 282 g/mol. The van der Waals surface area contributed by atoms with Crippen molar-refractivity contribution in [2.24, 2.45) is 0 Å². The molecule has 0 atom stereocenters. The summed E-state index contributed by atoms with van der Waals surface area (Å²) >= 11 is 1.49. The van der Waals surface area contributed by atoms with Gasteiger partial charge in [-0.15, -0.1) is 0 Å². The smallest absolute Gasteiger partial charge is 0.223 e. The number of aromatic nitrogens is 1. The van der Waals surface area contributed by atoms with Gasteiger partial charge < -0.3 is 5.32 Å². The molecule has 3 aromatic rings. The molecular weight excluding hydrogens is 268 g/mol. The van der Waals surface area contributed by atoms with Crippen LogP contribution in [0.4, 0.5) is 5.13 Å². The summed E-state index contributed by atoms with van der Waals surface area (Å²) in [4.78, 5) is 15.5. The van der Waals surface area contributed by atoms with E-state index < -0.39 is 0 Å². The third kappa shape index (κ3) is 2.56. The van der Waals surface area contributed by atoms with Crippen LogP contribution in [0.3, 0.4) is 0 Å². The highest BCUT2D eigenvalue weighted by molar-refractivity contribution is 7.22. The van der Waals surface area contributed by atoms with Crippen molar-refractivity contribution in [2.75, 3.05) is 5.32 Å². The Morgan fingerprint density at radius 2 is 1.80 bits per heavy atom. The minimum Gasteiger partial charge on any atom is -0.302 e. The first-order valence-corrected chi connectivity index (χ1v) is 7.19. The lowest BCUT2D eigenvalue weighted by Crippen LogP contribution is -2.04. The third-order valence-corrected chi connectivity index (χ3v) is 3.99. The zero-order chi connectivity index (χ0) is 14.1. The predicted octanol–water partition coefficient (Wildman–Crippen LogP) is 4.23. The van der Waals surface area contributed by atoms with Crippen LogP contribution in [0.2, 0.25) is 0 Å². The normalized spacial score (nSPS) is 10.7. The lowest BCUT2D eigenvalue weighted by molar-refractivity contribution is -0.114. The van der Waals surface area contributed by atoms with Gasteiger partial charge in [0.2, 0.25) is 5.91 Å². The van der Waals surface area contributed by atoms with Gasteiger partial charge in [-0.2, -0.15) is 0 Å². The molecule has 0 unspecified atom stereocenters. The molecule has 100 valence electrons. The number of anilines is 1. The van der Waals surface area contributed by atoms with Crippen LogP contribution in [-0.4, -0.2) is 10.9 Å². The number of nitrogens with one attached hydrogen (secondary N) is 1. The fraction of sp³-hybridized carbons (Fsp3) is 0.125. The number of carbonyl (C=O) groups excluding carboxylic acids is 1. The zero-order valence-electron chi connectivity index (χ0n) is 11.3. The van der Waals surface area contributed by atoms with Crippen molar-refractivity contribution in [1.82, 2.24) is 4.98 Å². The molecule has 0 spiro atoms. The highest BCUT2D eigenvalue weighted by Crippen LogP contribution is 2.30. The summed E-state index contributed by atoms with van der Waals surface area (Å²) in [6.07, 6.45) is 0. The third-order valence-electron chi connectivity index (χ3n) is 3.06. The van der Waals surface area contributed by atoms with Crippen LogP contribution in [0.15, 0.2) is 42.5 Å². The molecule has 0 fully saturated rings. The molecule has 0 aliphatic rings. The molecule has 1 amide bonds. The molecule has 0 saturated carbocycles. The number of amides is 1. The molecule has 20 heavy (non-hydrogen) atoms. The summed E-state index contributed by atoms with van der Waals surface area (Å²) < 4.78 is 1.08. The molecule has 2 aromatic carbocycles. The molecule has 3 nitrogen and oxygen atoms in total. The second kappa shape index (κ2) is 5.06. The number of nitrogens with zero attached hydrogens (tertiary/aromatic N) is 1. The van der Waals surface area contributed by atoms with Crippen molar-refractivity contribution in [1.29, 1.82) is 0 Å². The van der Waals surface area contributed by atoms with E-state index in [1.54, 1.807) is 0 Å². The number of benzene rings is 2. The van der Waals surface area contributed by atoms with E-state index in [2.05, 4.69) is 53.6 Å². The maximum Gasteiger partial charge on any atom is 0.223 e. The molecule has 0 aliphatic heterocycles. The van der Waals surface area contributed by atoms with Gasteiger partial charge in [0.1, 0.15) is 0 Å². The lowest BCUT2D eigenvalue weighted by Gasteiger charge is -2.01. The van der Waals surface area contributed by atoms with Crippen LogP contribution >= 0.6 is 11.3 Å². The maximum absolute atomic E-state index is 11.1. The van der Waals surface area contributed by atoms with Crippen LogP contribution in [0.25, 0.3) is 21.3 Å². The van der Waals surface area contributed by atoms with Gasteiger partial charge in [-0.05, 0) is 30.2 Å². The molecule has 0 saturated heterocycles. The minimum absolute atomic E-state index is 0.0946. The Kier molecular flexibility index (Phi) is 3.24. The predicted molar refractivity (Wildman–Crippen MR) is 84.1 cm³/mol. The second-order valence-electron chi connectivity index (χ2n) is 4.75. The van der Waals surface area contributed by atoms with Crippen molar-refractivity contribution in [3.8, 4) is 11.1 Å². The topological polar surface area (TPSA) is 42.0 Å². The number of rotatable bonds is 2. The number of fused-ring (bicyclic) bond motifs is 1. The number of carbonyl (C=O) groups is 1. The second-order valence-corrected chi connectivity index (χ2v) is 5.78. The van der Waals surface area contributed by atoms with Crippen molar-refractivity contribution >= 4 is 32.6 Å². The number of aryl methyl sites for hydroxylation is 1. The Balaban J connectivity index is 2.01. The number of thiazole rings is 1. The SMILES string of the molecule is CC(=O)Nc1nc2ccc(-c3ccc(C)cc3)cc2s1. The summed E-state index contributed by atoms with van der Waals surface area (Å²) in [5.74, 6) is -0.0946. The summed E-state index contributed by atoms with van der Waals surface area (Å²) in [6, 6.07) is 14.6. The van der Waals surface area contributed by atoms with E-state index in [1.165, 1.54) is 29.4 Å². The van der Waals surface area contributed by atoms with Crippen molar-refractivity contribution in [2.45, 2.75) is 13.8 Å². The Morgan fingerprint density at radius 1 is 1.10 bits per heavy atom. The first-order valence-electron chi connectivity index (χ1n) is 6.37. The Bertz CT molecular complexity index is 775. The van der Waals surface area contributed by atoms with Crippen molar-refractivity contribution < 1.29 is 4.79 Å². The van der Waals surface area contributed by atoms with Gasteiger partial charge in [0.25, 0.3) is 0 Å². The van der Waals surface area contributed by atoms with Crippen LogP contribution < -0.4 is 5.32 Å². The van der Waals surface area contributed by atoms with E-state index in [0.29, 0.717) is 5.13 Å². The van der Waals surface area contributed by atoms with Gasteiger partial charge in [-0.25, -0.2) is 4.98 Å². The quantitative estimate of drug-likeness (QED) is 0.764. The van der Waals surface area contributed by atoms with Gasteiger partial charge in [0, 0.05) is 6.92 Å². The van der Waals surface area contributed by atoms with E-state index in [0.717, 1.165) is 15.8 Å². The van der Waals surface area contributed by atoms with Gasteiger partial charge in [0.15, 0.2) is 5.13 Å². The fourth-order valence-corrected chi connectivity index (χ4v) is 3.01.